The second-order valence-corrected chi connectivity index (χ2v) is 9.01. The Balaban J connectivity index is 1.97. The van der Waals surface area contributed by atoms with Gasteiger partial charge in [0.1, 0.15) is 17.5 Å². The Labute approximate surface area is 199 Å². The van der Waals surface area contributed by atoms with Crippen LogP contribution in [0.2, 0.25) is 0 Å². The third kappa shape index (κ3) is 8.54. The van der Waals surface area contributed by atoms with Crippen molar-refractivity contribution in [2.45, 2.75) is 46.2 Å². The van der Waals surface area contributed by atoms with Crippen molar-refractivity contribution in [3.05, 3.63) is 58.6 Å². The van der Waals surface area contributed by atoms with Crippen LogP contribution in [0.15, 0.2) is 53.0 Å². The molecule has 32 heavy (non-hydrogen) atoms. The Morgan fingerprint density at radius 3 is 2.38 bits per heavy atom. The molecule has 0 radical (unpaired) electrons. The van der Waals surface area contributed by atoms with E-state index in [1.54, 1.807) is 18.9 Å². The molecule has 2 amide bonds. The predicted molar refractivity (Wildman–Crippen MR) is 130 cm³/mol. The van der Waals surface area contributed by atoms with Crippen molar-refractivity contribution < 1.29 is 19.1 Å². The summed E-state index contributed by atoms with van der Waals surface area (Å²) in [6, 6.07) is 14.5. The van der Waals surface area contributed by atoms with Gasteiger partial charge in [-0.25, -0.2) is 0 Å². The van der Waals surface area contributed by atoms with E-state index < -0.39 is 6.04 Å². The predicted octanol–water partition coefficient (Wildman–Crippen LogP) is 4.81. The topological polar surface area (TPSA) is 67.9 Å². The number of rotatable bonds is 12. The van der Waals surface area contributed by atoms with E-state index in [4.69, 9.17) is 9.47 Å². The number of methoxy groups -OCH3 is 1. The smallest absolute Gasteiger partial charge is 0.242 e. The van der Waals surface area contributed by atoms with E-state index in [1.165, 1.54) is 0 Å². The molecule has 0 bridgehead atoms. The molecule has 2 aromatic rings. The second kappa shape index (κ2) is 13.1. The van der Waals surface area contributed by atoms with Crippen molar-refractivity contribution in [3.63, 3.8) is 0 Å². The van der Waals surface area contributed by atoms with Gasteiger partial charge in [-0.05, 0) is 61.2 Å². The molecular formula is C25H33BrN2O4. The van der Waals surface area contributed by atoms with Crippen LogP contribution >= 0.6 is 15.9 Å². The van der Waals surface area contributed by atoms with Gasteiger partial charge in [0.05, 0.1) is 13.7 Å². The fraction of sp³-hybridized carbons (Fsp3) is 0.440. The SMILES string of the molecule is COc1ccc(OCCCC(=O)N(Cc2cccc(Br)c2)C(C)C(=O)NCC(C)C)cc1. The lowest BCUT2D eigenvalue weighted by atomic mass is 10.1. The second-order valence-electron chi connectivity index (χ2n) is 8.09. The van der Waals surface area contributed by atoms with E-state index >= 15 is 0 Å². The molecule has 0 aliphatic carbocycles. The van der Waals surface area contributed by atoms with Crippen molar-refractivity contribution in [1.29, 1.82) is 0 Å². The van der Waals surface area contributed by atoms with Crippen LogP contribution in [0.4, 0.5) is 0 Å². The Morgan fingerprint density at radius 1 is 1.06 bits per heavy atom. The minimum atomic E-state index is -0.567. The van der Waals surface area contributed by atoms with Gasteiger partial charge in [-0.15, -0.1) is 0 Å². The van der Waals surface area contributed by atoms with E-state index in [9.17, 15) is 9.59 Å². The zero-order valence-electron chi connectivity index (χ0n) is 19.3. The first kappa shape index (κ1) is 25.7. The van der Waals surface area contributed by atoms with E-state index in [-0.39, 0.29) is 11.8 Å². The summed E-state index contributed by atoms with van der Waals surface area (Å²) in [5.74, 6) is 1.62. The molecule has 6 nitrogen and oxygen atoms in total. The van der Waals surface area contributed by atoms with Crippen LogP contribution in [-0.2, 0) is 16.1 Å². The zero-order chi connectivity index (χ0) is 23.5. The number of carbonyl (C=O) groups is 2. The molecule has 7 heteroatoms. The third-order valence-electron chi connectivity index (χ3n) is 4.96. The Bertz CT molecular complexity index is 871. The minimum Gasteiger partial charge on any atom is -0.497 e. The number of carbonyl (C=O) groups excluding carboxylic acids is 2. The number of nitrogens with one attached hydrogen (secondary N) is 1. The van der Waals surface area contributed by atoms with Gasteiger partial charge in [0.25, 0.3) is 0 Å². The van der Waals surface area contributed by atoms with Gasteiger partial charge in [0.2, 0.25) is 11.8 Å². The summed E-state index contributed by atoms with van der Waals surface area (Å²) in [6.45, 7) is 7.22. The van der Waals surface area contributed by atoms with Gasteiger partial charge in [-0.3, -0.25) is 9.59 Å². The molecule has 2 rings (SSSR count). The molecule has 0 aliphatic rings. The highest BCUT2D eigenvalue weighted by atomic mass is 79.9. The molecule has 2 aromatic carbocycles. The normalized spacial score (nSPS) is 11.7. The van der Waals surface area contributed by atoms with Crippen molar-refractivity contribution in [3.8, 4) is 11.5 Å². The number of halogens is 1. The summed E-state index contributed by atoms with van der Waals surface area (Å²) in [6.07, 6.45) is 0.853. The molecule has 1 atom stereocenters. The van der Waals surface area contributed by atoms with Crippen molar-refractivity contribution >= 4 is 27.7 Å². The summed E-state index contributed by atoms with van der Waals surface area (Å²) >= 11 is 3.47. The Kier molecular flexibility index (Phi) is 10.5. The van der Waals surface area contributed by atoms with Crippen molar-refractivity contribution in [2.75, 3.05) is 20.3 Å². The maximum Gasteiger partial charge on any atom is 0.242 e. The average Bonchev–Trinajstić information content (AvgIpc) is 2.78. The van der Waals surface area contributed by atoms with Gasteiger partial charge < -0.3 is 19.7 Å². The maximum atomic E-state index is 13.1. The van der Waals surface area contributed by atoms with Crippen LogP contribution < -0.4 is 14.8 Å². The number of ether oxygens (including phenoxy) is 2. The summed E-state index contributed by atoms with van der Waals surface area (Å²) < 4.78 is 11.8. The number of amides is 2. The largest absolute Gasteiger partial charge is 0.497 e. The van der Waals surface area contributed by atoms with Gasteiger partial charge in [-0.1, -0.05) is 41.9 Å². The molecule has 0 spiro atoms. The molecular weight excluding hydrogens is 472 g/mol. The summed E-state index contributed by atoms with van der Waals surface area (Å²) in [7, 11) is 1.62. The molecule has 174 valence electrons. The van der Waals surface area contributed by atoms with Crippen molar-refractivity contribution in [1.82, 2.24) is 10.2 Å². The maximum absolute atomic E-state index is 13.1. The average molecular weight is 505 g/mol. The minimum absolute atomic E-state index is 0.0736. The highest BCUT2D eigenvalue weighted by Crippen LogP contribution is 2.18. The molecule has 0 heterocycles. The summed E-state index contributed by atoms with van der Waals surface area (Å²) in [5.41, 5.74) is 0.964. The Hall–Kier alpha value is -2.54. The third-order valence-corrected chi connectivity index (χ3v) is 5.45. The first-order valence-electron chi connectivity index (χ1n) is 10.9. The standard InChI is InChI=1S/C25H33BrN2O4/c1-18(2)16-27-25(30)19(3)28(17-20-7-5-8-21(26)15-20)24(29)9-6-14-32-23-12-10-22(31-4)11-13-23/h5,7-8,10-13,15,18-19H,6,9,14,16-17H2,1-4H3,(H,27,30). The van der Waals surface area contributed by atoms with Gasteiger partial charge >= 0.3 is 0 Å². The van der Waals surface area contributed by atoms with Crippen LogP contribution in [-0.4, -0.2) is 43.0 Å². The highest BCUT2D eigenvalue weighted by Gasteiger charge is 2.26. The number of hydrogen-bond donors (Lipinski definition) is 1. The van der Waals surface area contributed by atoms with Crippen LogP contribution in [0.1, 0.15) is 39.2 Å². The molecule has 0 aromatic heterocycles. The van der Waals surface area contributed by atoms with E-state index in [1.807, 2.05) is 62.4 Å². The van der Waals surface area contributed by atoms with Gasteiger partial charge in [-0.2, -0.15) is 0 Å². The Morgan fingerprint density at radius 2 is 1.75 bits per heavy atom. The fourth-order valence-electron chi connectivity index (χ4n) is 3.10. The lowest BCUT2D eigenvalue weighted by Gasteiger charge is -2.29. The molecule has 0 aliphatic heterocycles. The molecule has 0 saturated carbocycles. The fourth-order valence-corrected chi connectivity index (χ4v) is 3.54. The molecule has 0 saturated heterocycles. The number of benzene rings is 2. The lowest BCUT2D eigenvalue weighted by molar-refractivity contribution is -0.140. The lowest BCUT2D eigenvalue weighted by Crippen LogP contribution is -2.48. The van der Waals surface area contributed by atoms with Crippen LogP contribution in [0.25, 0.3) is 0 Å². The zero-order valence-corrected chi connectivity index (χ0v) is 20.9. The monoisotopic (exact) mass is 504 g/mol. The number of nitrogens with zero attached hydrogens (tertiary/aromatic N) is 1. The van der Waals surface area contributed by atoms with Crippen LogP contribution in [0.3, 0.4) is 0 Å². The highest BCUT2D eigenvalue weighted by molar-refractivity contribution is 9.10. The van der Waals surface area contributed by atoms with E-state index in [0.717, 1.165) is 21.5 Å². The van der Waals surface area contributed by atoms with Crippen LogP contribution in [0, 0.1) is 5.92 Å². The van der Waals surface area contributed by atoms with E-state index in [2.05, 4.69) is 21.2 Å². The van der Waals surface area contributed by atoms with Crippen molar-refractivity contribution in [2.24, 2.45) is 5.92 Å². The van der Waals surface area contributed by atoms with Crippen LogP contribution in [0.5, 0.6) is 11.5 Å². The molecule has 0 fully saturated rings. The first-order chi connectivity index (χ1) is 15.3. The quantitative estimate of drug-likeness (QED) is 0.421. The van der Waals surface area contributed by atoms with E-state index in [0.29, 0.717) is 38.5 Å². The van der Waals surface area contributed by atoms with Gasteiger partial charge in [0.15, 0.2) is 0 Å². The first-order valence-corrected chi connectivity index (χ1v) is 11.7. The summed E-state index contributed by atoms with van der Waals surface area (Å²) in [4.78, 5) is 27.4. The number of hydrogen-bond acceptors (Lipinski definition) is 4. The molecule has 1 unspecified atom stereocenters. The van der Waals surface area contributed by atoms with Gasteiger partial charge in [0, 0.05) is 24.0 Å². The summed E-state index contributed by atoms with van der Waals surface area (Å²) in [5, 5.41) is 2.94. The molecule has 1 N–H and O–H groups in total.